The third kappa shape index (κ3) is 2.76. The highest BCUT2D eigenvalue weighted by Crippen LogP contribution is 2.15. The monoisotopic (exact) mass is 215 g/mol. The number of nitrogens with zero attached hydrogens (tertiary/aromatic N) is 1. The van der Waals surface area contributed by atoms with E-state index >= 15 is 0 Å². The topological polar surface area (TPSA) is 77.2 Å². The van der Waals surface area contributed by atoms with E-state index in [4.69, 9.17) is 10.6 Å². The van der Waals surface area contributed by atoms with Crippen LogP contribution >= 0.6 is 11.3 Å². The molecule has 0 saturated carbocycles. The quantitative estimate of drug-likeness (QED) is 0.730. The summed E-state index contributed by atoms with van der Waals surface area (Å²) in [6.45, 7) is 4.04. The van der Waals surface area contributed by atoms with Crippen molar-refractivity contribution in [2.75, 3.05) is 6.61 Å². The van der Waals surface area contributed by atoms with Crippen LogP contribution in [0.15, 0.2) is 5.38 Å². The lowest BCUT2D eigenvalue weighted by atomic mass is 10.4. The van der Waals surface area contributed by atoms with Crippen molar-refractivity contribution < 1.29 is 9.63 Å². The van der Waals surface area contributed by atoms with E-state index < -0.39 is 0 Å². The predicted molar refractivity (Wildman–Crippen MR) is 53.8 cm³/mol. The molecule has 0 aliphatic carbocycles. The molecular formula is C8H13N3O2S. The predicted octanol–water partition coefficient (Wildman–Crippen LogP) is 0.844. The third-order valence-electron chi connectivity index (χ3n) is 1.45. The summed E-state index contributed by atoms with van der Waals surface area (Å²) in [5.41, 5.74) is 8.22. The Bertz CT molecular complexity index is 311. The number of hydroxylamine groups is 1. The highest BCUT2D eigenvalue weighted by Gasteiger charge is 2.12. The molecule has 1 aromatic heterocycles. The van der Waals surface area contributed by atoms with Crippen molar-refractivity contribution in [1.29, 1.82) is 0 Å². The number of thiazole rings is 1. The fraction of sp³-hybridized carbons (Fsp3) is 0.500. The number of carbonyl (C=O) groups excluding carboxylic acids is 1. The average Bonchev–Trinajstić information content (AvgIpc) is 2.62. The van der Waals surface area contributed by atoms with Gasteiger partial charge in [-0.15, -0.1) is 11.3 Å². The summed E-state index contributed by atoms with van der Waals surface area (Å²) in [7, 11) is 0. The fourth-order valence-electron chi connectivity index (χ4n) is 0.791. The smallest absolute Gasteiger partial charge is 0.294 e. The Morgan fingerprint density at radius 2 is 2.57 bits per heavy atom. The van der Waals surface area contributed by atoms with Gasteiger partial charge < -0.3 is 5.73 Å². The SMILES string of the molecule is CCONC(=O)c1csc(C(C)N)n1. The van der Waals surface area contributed by atoms with E-state index in [-0.39, 0.29) is 11.9 Å². The highest BCUT2D eigenvalue weighted by atomic mass is 32.1. The van der Waals surface area contributed by atoms with E-state index in [0.717, 1.165) is 5.01 Å². The van der Waals surface area contributed by atoms with Crippen molar-refractivity contribution in [1.82, 2.24) is 10.5 Å². The van der Waals surface area contributed by atoms with E-state index in [2.05, 4.69) is 10.5 Å². The number of nitrogens with one attached hydrogen (secondary N) is 1. The molecule has 1 atom stereocenters. The molecule has 1 aromatic rings. The maximum absolute atomic E-state index is 11.3. The van der Waals surface area contributed by atoms with Crippen LogP contribution in [0.1, 0.15) is 35.4 Å². The first kappa shape index (κ1) is 11.1. The largest absolute Gasteiger partial charge is 0.322 e. The summed E-state index contributed by atoms with van der Waals surface area (Å²) >= 11 is 1.37. The van der Waals surface area contributed by atoms with Gasteiger partial charge in [-0.2, -0.15) is 0 Å². The van der Waals surface area contributed by atoms with E-state index in [0.29, 0.717) is 12.3 Å². The van der Waals surface area contributed by atoms with Crippen LogP contribution in [0.3, 0.4) is 0 Å². The summed E-state index contributed by atoms with van der Waals surface area (Å²) in [6.07, 6.45) is 0. The molecule has 0 aromatic carbocycles. The van der Waals surface area contributed by atoms with E-state index in [1.165, 1.54) is 11.3 Å². The number of carbonyl (C=O) groups is 1. The number of aromatic nitrogens is 1. The minimum Gasteiger partial charge on any atom is -0.322 e. The van der Waals surface area contributed by atoms with Crippen LogP contribution in [0.4, 0.5) is 0 Å². The molecule has 78 valence electrons. The molecule has 0 spiro atoms. The van der Waals surface area contributed by atoms with Crippen LogP contribution in [0.25, 0.3) is 0 Å². The van der Waals surface area contributed by atoms with Crippen molar-refractivity contribution >= 4 is 17.2 Å². The van der Waals surface area contributed by atoms with Crippen LogP contribution in [0.2, 0.25) is 0 Å². The molecule has 1 unspecified atom stereocenters. The Balaban J connectivity index is 2.62. The second-order valence-corrected chi connectivity index (χ2v) is 3.61. The van der Waals surface area contributed by atoms with Crippen LogP contribution in [-0.2, 0) is 4.84 Å². The molecule has 0 aliphatic heterocycles. The Kier molecular flexibility index (Phi) is 3.99. The van der Waals surface area contributed by atoms with Gasteiger partial charge in [0.15, 0.2) is 0 Å². The third-order valence-corrected chi connectivity index (χ3v) is 2.50. The molecule has 0 radical (unpaired) electrons. The Morgan fingerprint density at radius 1 is 1.86 bits per heavy atom. The first-order valence-electron chi connectivity index (χ1n) is 4.28. The molecule has 1 heterocycles. The number of nitrogens with two attached hydrogens (primary N) is 1. The summed E-state index contributed by atoms with van der Waals surface area (Å²) in [4.78, 5) is 20.1. The van der Waals surface area contributed by atoms with Crippen molar-refractivity contribution in [2.24, 2.45) is 5.73 Å². The van der Waals surface area contributed by atoms with Crippen molar-refractivity contribution in [3.63, 3.8) is 0 Å². The van der Waals surface area contributed by atoms with Gasteiger partial charge in [0.1, 0.15) is 10.7 Å². The zero-order valence-electron chi connectivity index (χ0n) is 8.11. The number of hydrogen-bond acceptors (Lipinski definition) is 5. The van der Waals surface area contributed by atoms with E-state index in [1.54, 1.807) is 12.3 Å². The minimum atomic E-state index is -0.338. The Morgan fingerprint density at radius 3 is 3.07 bits per heavy atom. The van der Waals surface area contributed by atoms with Crippen LogP contribution in [0.5, 0.6) is 0 Å². The standard InChI is InChI=1S/C8H13N3O2S/c1-3-13-11-7(12)6-4-14-8(10-6)5(2)9/h4-5H,3,9H2,1-2H3,(H,11,12). The lowest BCUT2D eigenvalue weighted by Crippen LogP contribution is -2.24. The van der Waals surface area contributed by atoms with Crippen molar-refractivity contribution in [3.8, 4) is 0 Å². The molecule has 6 heteroatoms. The number of rotatable bonds is 4. The lowest BCUT2D eigenvalue weighted by molar-refractivity contribution is 0.0360. The molecule has 0 fully saturated rings. The van der Waals surface area contributed by atoms with Crippen molar-refractivity contribution in [2.45, 2.75) is 19.9 Å². The molecule has 14 heavy (non-hydrogen) atoms. The van der Waals surface area contributed by atoms with Gasteiger partial charge in [-0.25, -0.2) is 10.5 Å². The molecule has 0 bridgehead atoms. The van der Waals surface area contributed by atoms with Gasteiger partial charge in [0.05, 0.1) is 12.6 Å². The maximum atomic E-state index is 11.3. The van der Waals surface area contributed by atoms with E-state index in [1.807, 2.05) is 6.92 Å². The number of amides is 1. The normalized spacial score (nSPS) is 12.5. The Labute approximate surface area is 86.2 Å². The molecule has 0 saturated heterocycles. The Hall–Kier alpha value is -0.980. The van der Waals surface area contributed by atoms with Gasteiger partial charge >= 0.3 is 0 Å². The van der Waals surface area contributed by atoms with Gasteiger partial charge in [-0.05, 0) is 13.8 Å². The lowest BCUT2D eigenvalue weighted by Gasteiger charge is -2.00. The second kappa shape index (κ2) is 5.04. The molecule has 5 nitrogen and oxygen atoms in total. The van der Waals surface area contributed by atoms with Crippen LogP contribution in [0, 0.1) is 0 Å². The fourth-order valence-corrected chi connectivity index (χ4v) is 1.55. The molecule has 0 aliphatic rings. The summed E-state index contributed by atoms with van der Waals surface area (Å²) in [6, 6.07) is -0.145. The summed E-state index contributed by atoms with van der Waals surface area (Å²) in [5.74, 6) is -0.338. The molecule has 3 N–H and O–H groups in total. The van der Waals surface area contributed by atoms with Gasteiger partial charge in [0.2, 0.25) is 0 Å². The average molecular weight is 215 g/mol. The van der Waals surface area contributed by atoms with Gasteiger partial charge in [-0.1, -0.05) is 0 Å². The van der Waals surface area contributed by atoms with Gasteiger partial charge in [-0.3, -0.25) is 9.63 Å². The van der Waals surface area contributed by atoms with Gasteiger partial charge in [0, 0.05) is 5.38 Å². The summed E-state index contributed by atoms with van der Waals surface area (Å²) in [5, 5.41) is 2.40. The van der Waals surface area contributed by atoms with Crippen molar-refractivity contribution in [3.05, 3.63) is 16.1 Å². The minimum absolute atomic E-state index is 0.145. The molecular weight excluding hydrogens is 202 g/mol. The number of hydrogen-bond donors (Lipinski definition) is 2. The zero-order valence-corrected chi connectivity index (χ0v) is 8.93. The molecule has 1 amide bonds. The summed E-state index contributed by atoms with van der Waals surface area (Å²) < 4.78 is 0. The highest BCUT2D eigenvalue weighted by molar-refractivity contribution is 7.09. The zero-order chi connectivity index (χ0) is 10.6. The first-order valence-corrected chi connectivity index (χ1v) is 5.16. The van der Waals surface area contributed by atoms with Crippen LogP contribution in [-0.4, -0.2) is 17.5 Å². The molecule has 1 rings (SSSR count). The second-order valence-electron chi connectivity index (χ2n) is 2.72. The maximum Gasteiger partial charge on any atom is 0.294 e. The van der Waals surface area contributed by atoms with Crippen LogP contribution < -0.4 is 11.2 Å². The van der Waals surface area contributed by atoms with Gasteiger partial charge in [0.25, 0.3) is 5.91 Å². The first-order chi connectivity index (χ1) is 6.65. The van der Waals surface area contributed by atoms with E-state index in [9.17, 15) is 4.79 Å².